The average Bonchev–Trinajstić information content (AvgIpc) is 3.05. The molecule has 0 unspecified atom stereocenters. The predicted octanol–water partition coefficient (Wildman–Crippen LogP) is 2.42. The largest absolute Gasteiger partial charge is 0.496 e. The minimum absolute atomic E-state index is 0.0987. The van der Waals surface area contributed by atoms with E-state index in [1.54, 1.807) is 7.11 Å². The first-order valence-electron chi connectivity index (χ1n) is 7.64. The average molecular weight is 315 g/mol. The topological polar surface area (TPSA) is 51.2 Å². The van der Waals surface area contributed by atoms with Gasteiger partial charge in [-0.25, -0.2) is 0 Å². The van der Waals surface area contributed by atoms with Crippen molar-refractivity contribution in [3.63, 3.8) is 0 Å². The van der Waals surface area contributed by atoms with Gasteiger partial charge in [-0.15, -0.1) is 0 Å². The van der Waals surface area contributed by atoms with E-state index in [9.17, 15) is 5.11 Å². The van der Waals surface area contributed by atoms with Gasteiger partial charge < -0.3 is 19.3 Å². The van der Waals surface area contributed by atoms with Crippen LogP contribution in [0.3, 0.4) is 0 Å². The highest BCUT2D eigenvalue weighted by Crippen LogP contribution is 2.36. The predicted molar refractivity (Wildman–Crippen MR) is 86.8 cm³/mol. The Balaban J connectivity index is 1.78. The number of aliphatic hydroxyl groups is 1. The maximum atomic E-state index is 9.38. The number of hydrogen-bond donors (Lipinski definition) is 1. The van der Waals surface area contributed by atoms with E-state index in [0.29, 0.717) is 19.6 Å². The van der Waals surface area contributed by atoms with E-state index in [1.165, 1.54) is 0 Å². The standard InChI is InChI=1S/C18H21NO4/c1-21-16-7-3-2-5-14(16)11-19(9-10-20)12-15-6-4-8-17-18(15)23-13-22-17/h2-8,20H,9-13H2,1H3. The van der Waals surface area contributed by atoms with Gasteiger partial charge in [-0.2, -0.15) is 0 Å². The van der Waals surface area contributed by atoms with E-state index >= 15 is 0 Å². The first-order chi connectivity index (χ1) is 11.3. The smallest absolute Gasteiger partial charge is 0.231 e. The molecule has 1 N–H and O–H groups in total. The zero-order chi connectivity index (χ0) is 16.1. The van der Waals surface area contributed by atoms with Crippen molar-refractivity contribution in [2.45, 2.75) is 13.1 Å². The summed E-state index contributed by atoms with van der Waals surface area (Å²) >= 11 is 0. The summed E-state index contributed by atoms with van der Waals surface area (Å²) in [6.45, 7) is 2.29. The van der Waals surface area contributed by atoms with E-state index in [1.807, 2.05) is 42.5 Å². The Labute approximate surface area is 136 Å². The van der Waals surface area contributed by atoms with Gasteiger partial charge in [0.1, 0.15) is 5.75 Å². The second-order valence-electron chi connectivity index (χ2n) is 5.40. The molecule has 0 amide bonds. The molecular weight excluding hydrogens is 294 g/mol. The normalized spacial score (nSPS) is 12.7. The summed E-state index contributed by atoms with van der Waals surface area (Å²) in [5.41, 5.74) is 2.15. The van der Waals surface area contributed by atoms with E-state index in [-0.39, 0.29) is 13.4 Å². The Morgan fingerprint density at radius 3 is 2.65 bits per heavy atom. The van der Waals surface area contributed by atoms with Gasteiger partial charge in [0.25, 0.3) is 0 Å². The zero-order valence-electron chi connectivity index (χ0n) is 13.2. The molecule has 1 heterocycles. The first kappa shape index (κ1) is 15.6. The third-order valence-electron chi connectivity index (χ3n) is 3.87. The molecule has 0 saturated carbocycles. The summed E-state index contributed by atoms with van der Waals surface area (Å²) in [6, 6.07) is 13.8. The fourth-order valence-electron chi connectivity index (χ4n) is 2.79. The number of fused-ring (bicyclic) bond motifs is 1. The van der Waals surface area contributed by atoms with Crippen molar-refractivity contribution in [1.29, 1.82) is 0 Å². The van der Waals surface area contributed by atoms with Crippen molar-refractivity contribution in [2.24, 2.45) is 0 Å². The van der Waals surface area contributed by atoms with Gasteiger partial charge in [-0.05, 0) is 12.1 Å². The number of aliphatic hydroxyl groups excluding tert-OH is 1. The fourth-order valence-corrected chi connectivity index (χ4v) is 2.79. The molecule has 0 saturated heterocycles. The maximum Gasteiger partial charge on any atom is 0.231 e. The van der Waals surface area contributed by atoms with E-state index in [2.05, 4.69) is 4.90 Å². The van der Waals surface area contributed by atoms with Crippen molar-refractivity contribution in [3.8, 4) is 17.2 Å². The highest BCUT2D eigenvalue weighted by atomic mass is 16.7. The molecular formula is C18H21NO4. The highest BCUT2D eigenvalue weighted by molar-refractivity contribution is 5.48. The van der Waals surface area contributed by atoms with Gasteiger partial charge in [-0.1, -0.05) is 30.3 Å². The SMILES string of the molecule is COc1ccccc1CN(CCO)Cc1cccc2c1OCO2. The van der Waals surface area contributed by atoms with Crippen LogP contribution in [0.4, 0.5) is 0 Å². The lowest BCUT2D eigenvalue weighted by Crippen LogP contribution is -2.26. The van der Waals surface area contributed by atoms with Gasteiger partial charge in [0, 0.05) is 30.8 Å². The van der Waals surface area contributed by atoms with Crippen molar-refractivity contribution in [3.05, 3.63) is 53.6 Å². The third-order valence-corrected chi connectivity index (χ3v) is 3.87. The molecule has 3 rings (SSSR count). The van der Waals surface area contributed by atoms with E-state index < -0.39 is 0 Å². The van der Waals surface area contributed by atoms with Gasteiger partial charge in [0.15, 0.2) is 11.5 Å². The van der Waals surface area contributed by atoms with Crippen molar-refractivity contribution >= 4 is 0 Å². The van der Waals surface area contributed by atoms with Crippen LogP contribution >= 0.6 is 0 Å². The Bertz CT molecular complexity index is 659. The summed E-state index contributed by atoms with van der Waals surface area (Å²) < 4.78 is 16.4. The van der Waals surface area contributed by atoms with Crippen molar-refractivity contribution in [1.82, 2.24) is 4.90 Å². The molecule has 1 aliphatic rings. The molecule has 0 atom stereocenters. The molecule has 0 fully saturated rings. The molecule has 0 aromatic heterocycles. The minimum Gasteiger partial charge on any atom is -0.496 e. The molecule has 5 heteroatoms. The molecule has 0 aliphatic carbocycles. The highest BCUT2D eigenvalue weighted by Gasteiger charge is 2.19. The first-order valence-corrected chi connectivity index (χ1v) is 7.64. The quantitative estimate of drug-likeness (QED) is 0.850. The van der Waals surface area contributed by atoms with Gasteiger partial charge in [-0.3, -0.25) is 4.90 Å². The van der Waals surface area contributed by atoms with Crippen LogP contribution in [0.5, 0.6) is 17.2 Å². The van der Waals surface area contributed by atoms with Crippen LogP contribution in [0.15, 0.2) is 42.5 Å². The summed E-state index contributed by atoms with van der Waals surface area (Å²) in [5.74, 6) is 2.44. The van der Waals surface area contributed by atoms with E-state index in [4.69, 9.17) is 14.2 Å². The molecule has 1 aliphatic heterocycles. The minimum atomic E-state index is 0.0987. The van der Waals surface area contributed by atoms with Crippen LogP contribution in [0.2, 0.25) is 0 Å². The molecule has 5 nitrogen and oxygen atoms in total. The molecule has 0 bridgehead atoms. The Hall–Kier alpha value is -2.24. The van der Waals surface area contributed by atoms with Crippen LogP contribution in [-0.4, -0.2) is 37.1 Å². The number of hydrogen-bond acceptors (Lipinski definition) is 5. The molecule has 2 aromatic rings. The molecule has 0 spiro atoms. The summed E-state index contributed by atoms with van der Waals surface area (Å²) in [4.78, 5) is 2.16. The van der Waals surface area contributed by atoms with Crippen molar-refractivity contribution < 1.29 is 19.3 Å². The lowest BCUT2D eigenvalue weighted by Gasteiger charge is -2.23. The molecule has 2 aromatic carbocycles. The van der Waals surface area contributed by atoms with Gasteiger partial charge >= 0.3 is 0 Å². The summed E-state index contributed by atoms with van der Waals surface area (Å²) in [5, 5.41) is 9.38. The summed E-state index contributed by atoms with van der Waals surface area (Å²) in [7, 11) is 1.67. The molecule has 0 radical (unpaired) electrons. The molecule has 122 valence electrons. The zero-order valence-corrected chi connectivity index (χ0v) is 13.2. The van der Waals surface area contributed by atoms with Crippen molar-refractivity contribution in [2.75, 3.05) is 27.1 Å². The van der Waals surface area contributed by atoms with Gasteiger partial charge in [0.2, 0.25) is 6.79 Å². The third kappa shape index (κ3) is 3.57. The van der Waals surface area contributed by atoms with Crippen LogP contribution in [0.25, 0.3) is 0 Å². The Morgan fingerprint density at radius 2 is 1.83 bits per heavy atom. The van der Waals surface area contributed by atoms with Crippen LogP contribution in [0, 0.1) is 0 Å². The Morgan fingerprint density at radius 1 is 1.04 bits per heavy atom. The number of nitrogens with zero attached hydrogens (tertiary/aromatic N) is 1. The van der Waals surface area contributed by atoms with E-state index in [0.717, 1.165) is 28.4 Å². The van der Waals surface area contributed by atoms with Crippen LogP contribution < -0.4 is 14.2 Å². The van der Waals surface area contributed by atoms with Crippen LogP contribution in [0.1, 0.15) is 11.1 Å². The second kappa shape index (κ2) is 7.35. The number of benzene rings is 2. The molecule has 23 heavy (non-hydrogen) atoms. The number of ether oxygens (including phenoxy) is 3. The number of methoxy groups -OCH3 is 1. The Kier molecular flexibility index (Phi) is 5.00. The second-order valence-corrected chi connectivity index (χ2v) is 5.40. The van der Waals surface area contributed by atoms with Crippen LogP contribution in [-0.2, 0) is 13.1 Å². The fraction of sp³-hybridized carbons (Fsp3) is 0.333. The lowest BCUT2D eigenvalue weighted by molar-refractivity contribution is 0.166. The number of para-hydroxylation sites is 2. The van der Waals surface area contributed by atoms with Gasteiger partial charge in [0.05, 0.1) is 13.7 Å². The monoisotopic (exact) mass is 315 g/mol. The lowest BCUT2D eigenvalue weighted by atomic mass is 10.1. The number of rotatable bonds is 7. The summed E-state index contributed by atoms with van der Waals surface area (Å²) in [6.07, 6.45) is 0. The maximum absolute atomic E-state index is 9.38.